The van der Waals surface area contributed by atoms with Crippen molar-refractivity contribution in [3.05, 3.63) is 98.2 Å². The Balaban J connectivity index is 1.65. The molecule has 5 rings (SSSR count). The Kier molecular flexibility index (Phi) is 5.85. The number of hydrogen-bond donors (Lipinski definition) is 2. The third kappa shape index (κ3) is 3.94. The van der Waals surface area contributed by atoms with Crippen molar-refractivity contribution in [3.8, 4) is 29.0 Å². The van der Waals surface area contributed by atoms with Crippen LogP contribution >= 0.6 is 0 Å². The van der Waals surface area contributed by atoms with Crippen LogP contribution in [0, 0.1) is 35.3 Å². The van der Waals surface area contributed by atoms with Crippen LogP contribution in [0.4, 0.5) is 5.69 Å². The highest BCUT2D eigenvalue weighted by Gasteiger charge is 2.36. The second kappa shape index (κ2) is 9.16. The molecule has 11 nitrogen and oxygen atoms in total. The lowest BCUT2D eigenvalue weighted by atomic mass is 9.82. The molecule has 0 amide bonds. The smallest absolute Gasteiger partial charge is 0.312 e. The number of aromatic amines is 1. The lowest BCUT2D eigenvalue weighted by Gasteiger charge is -2.25. The van der Waals surface area contributed by atoms with E-state index < -0.39 is 10.8 Å². The SMILES string of the molecule is COc1ccc(C2C(C#N)=C(N)Oc3n[nH]c(-c4ccccc4)c32)cc1Cn1nc(C)c([N+](=O)[O-])c1C. The number of nitro groups is 1. The first-order valence-electron chi connectivity index (χ1n) is 11.4. The van der Waals surface area contributed by atoms with Crippen LogP contribution in [-0.4, -0.2) is 32.0 Å². The first kappa shape index (κ1) is 23.6. The second-order valence-electron chi connectivity index (χ2n) is 8.61. The molecule has 4 aromatic rings. The van der Waals surface area contributed by atoms with Gasteiger partial charge in [-0.25, -0.2) is 0 Å². The normalized spacial score (nSPS) is 14.6. The van der Waals surface area contributed by atoms with Gasteiger partial charge in [0, 0.05) is 5.56 Å². The molecule has 3 heterocycles. The van der Waals surface area contributed by atoms with Gasteiger partial charge in [0.1, 0.15) is 28.8 Å². The van der Waals surface area contributed by atoms with Crippen molar-refractivity contribution in [1.82, 2.24) is 20.0 Å². The molecule has 37 heavy (non-hydrogen) atoms. The monoisotopic (exact) mass is 497 g/mol. The predicted octanol–water partition coefficient (Wildman–Crippen LogP) is 4.07. The summed E-state index contributed by atoms with van der Waals surface area (Å²) in [5.74, 6) is 0.295. The van der Waals surface area contributed by atoms with Crippen molar-refractivity contribution >= 4 is 5.69 Å². The van der Waals surface area contributed by atoms with Crippen LogP contribution in [-0.2, 0) is 6.54 Å². The first-order valence-corrected chi connectivity index (χ1v) is 11.4. The fraction of sp³-hybridized carbons (Fsp3) is 0.192. The van der Waals surface area contributed by atoms with Crippen LogP contribution in [0.25, 0.3) is 11.3 Å². The average molecular weight is 498 g/mol. The van der Waals surface area contributed by atoms with Gasteiger partial charge < -0.3 is 15.2 Å². The Labute approximate surface area is 211 Å². The van der Waals surface area contributed by atoms with Gasteiger partial charge in [0.15, 0.2) is 0 Å². The minimum Gasteiger partial charge on any atom is -0.496 e. The van der Waals surface area contributed by atoms with Gasteiger partial charge in [-0.2, -0.15) is 10.4 Å². The number of rotatable bonds is 6. The number of allylic oxidation sites excluding steroid dienone is 1. The molecule has 0 bridgehead atoms. The standard InChI is InChI=1S/C26H23N7O4/c1-14-24(33(34)35)15(2)32(31-14)13-18-11-17(9-10-20(18)36-3)21-19(12-27)25(28)37-26-22(21)23(29-30-26)16-7-5-4-6-8-16/h4-11,21H,13,28H2,1-3H3,(H,29,30). The summed E-state index contributed by atoms with van der Waals surface area (Å²) in [4.78, 5) is 11.1. The summed E-state index contributed by atoms with van der Waals surface area (Å²) >= 11 is 0. The van der Waals surface area contributed by atoms with Crippen molar-refractivity contribution in [2.75, 3.05) is 7.11 Å². The van der Waals surface area contributed by atoms with Crippen LogP contribution in [0.2, 0.25) is 0 Å². The fourth-order valence-corrected chi connectivity index (χ4v) is 4.77. The Morgan fingerprint density at radius 3 is 2.68 bits per heavy atom. The van der Waals surface area contributed by atoms with Gasteiger partial charge in [-0.15, -0.1) is 5.10 Å². The minimum atomic E-state index is -0.567. The van der Waals surface area contributed by atoms with Gasteiger partial charge in [0.25, 0.3) is 0 Å². The number of aryl methyl sites for hydroxylation is 1. The van der Waals surface area contributed by atoms with E-state index in [0.29, 0.717) is 34.3 Å². The van der Waals surface area contributed by atoms with E-state index >= 15 is 0 Å². The van der Waals surface area contributed by atoms with Crippen LogP contribution in [0.3, 0.4) is 0 Å². The number of benzene rings is 2. The van der Waals surface area contributed by atoms with E-state index in [2.05, 4.69) is 21.4 Å². The number of aromatic nitrogens is 4. The summed E-state index contributed by atoms with van der Waals surface area (Å²) in [7, 11) is 1.55. The first-order chi connectivity index (χ1) is 17.8. The maximum Gasteiger partial charge on any atom is 0.312 e. The average Bonchev–Trinajstić information content (AvgIpc) is 3.43. The third-order valence-corrected chi connectivity index (χ3v) is 6.49. The summed E-state index contributed by atoms with van der Waals surface area (Å²) in [5, 5.41) is 33.3. The van der Waals surface area contributed by atoms with Crippen molar-refractivity contribution in [1.29, 1.82) is 5.26 Å². The Morgan fingerprint density at radius 1 is 1.27 bits per heavy atom. The topological polar surface area (TPSA) is 158 Å². The zero-order valence-electron chi connectivity index (χ0n) is 20.3. The molecule has 1 aliphatic heterocycles. The van der Waals surface area contributed by atoms with Gasteiger partial charge in [0.2, 0.25) is 11.8 Å². The number of nitrogens with one attached hydrogen (secondary N) is 1. The van der Waals surface area contributed by atoms with Crippen molar-refractivity contribution < 1.29 is 14.4 Å². The van der Waals surface area contributed by atoms with Crippen LogP contribution < -0.4 is 15.2 Å². The summed E-state index contributed by atoms with van der Waals surface area (Å²) in [6, 6.07) is 17.4. The molecule has 11 heteroatoms. The van der Waals surface area contributed by atoms with E-state index in [4.69, 9.17) is 15.2 Å². The number of nitriles is 1. The van der Waals surface area contributed by atoms with Crippen LogP contribution in [0.15, 0.2) is 60.0 Å². The van der Waals surface area contributed by atoms with Gasteiger partial charge >= 0.3 is 5.69 Å². The Hall–Kier alpha value is -5.11. The Morgan fingerprint density at radius 2 is 2.03 bits per heavy atom. The van der Waals surface area contributed by atoms with Crippen molar-refractivity contribution in [2.45, 2.75) is 26.3 Å². The predicted molar refractivity (Wildman–Crippen MR) is 134 cm³/mol. The number of H-pyrrole nitrogens is 1. The third-order valence-electron chi connectivity index (χ3n) is 6.49. The molecule has 0 aliphatic carbocycles. The largest absolute Gasteiger partial charge is 0.496 e. The van der Waals surface area contributed by atoms with Crippen LogP contribution in [0.1, 0.15) is 34.0 Å². The number of methoxy groups -OCH3 is 1. The van der Waals surface area contributed by atoms with E-state index in [0.717, 1.165) is 16.7 Å². The quantitative estimate of drug-likeness (QED) is 0.298. The van der Waals surface area contributed by atoms with Gasteiger partial charge in [-0.1, -0.05) is 36.4 Å². The molecule has 0 saturated carbocycles. The summed E-state index contributed by atoms with van der Waals surface area (Å²) in [5.41, 5.74) is 10.9. The molecular formula is C26H23N7O4. The van der Waals surface area contributed by atoms with Crippen LogP contribution in [0.5, 0.6) is 11.6 Å². The molecule has 1 unspecified atom stereocenters. The van der Waals surface area contributed by atoms with E-state index in [-0.39, 0.29) is 23.7 Å². The number of ether oxygens (including phenoxy) is 2. The van der Waals surface area contributed by atoms with E-state index in [1.807, 2.05) is 42.5 Å². The van der Waals surface area contributed by atoms with Gasteiger partial charge in [0.05, 0.1) is 35.8 Å². The maximum atomic E-state index is 11.5. The number of hydrogen-bond acceptors (Lipinski definition) is 8. The molecule has 2 aromatic heterocycles. The molecule has 1 aliphatic rings. The Bertz CT molecular complexity index is 1600. The highest BCUT2D eigenvalue weighted by molar-refractivity contribution is 5.71. The number of nitrogens with zero attached hydrogens (tertiary/aromatic N) is 5. The van der Waals surface area contributed by atoms with Gasteiger partial charge in [-0.3, -0.25) is 19.9 Å². The molecule has 2 aromatic carbocycles. The molecule has 186 valence electrons. The van der Waals surface area contributed by atoms with Crippen molar-refractivity contribution in [2.24, 2.45) is 5.73 Å². The van der Waals surface area contributed by atoms with Crippen molar-refractivity contribution in [3.63, 3.8) is 0 Å². The minimum absolute atomic E-state index is 0.0161. The molecular weight excluding hydrogens is 474 g/mol. The zero-order chi connectivity index (χ0) is 26.3. The summed E-state index contributed by atoms with van der Waals surface area (Å²) in [6.45, 7) is 3.50. The fourth-order valence-electron chi connectivity index (χ4n) is 4.77. The number of nitrogens with two attached hydrogens (primary N) is 1. The zero-order valence-corrected chi connectivity index (χ0v) is 20.3. The van der Waals surface area contributed by atoms with E-state index in [9.17, 15) is 15.4 Å². The molecule has 3 N–H and O–H groups in total. The molecule has 0 radical (unpaired) electrons. The van der Waals surface area contributed by atoms with E-state index in [1.165, 1.54) is 0 Å². The van der Waals surface area contributed by atoms with E-state index in [1.54, 1.807) is 31.7 Å². The number of fused-ring (bicyclic) bond motifs is 1. The lowest BCUT2D eigenvalue weighted by molar-refractivity contribution is -0.386. The molecule has 0 spiro atoms. The lowest BCUT2D eigenvalue weighted by Crippen LogP contribution is -2.21. The summed E-state index contributed by atoms with van der Waals surface area (Å²) in [6.07, 6.45) is 0. The maximum absolute atomic E-state index is 11.5. The highest BCUT2D eigenvalue weighted by atomic mass is 16.6. The molecule has 0 fully saturated rings. The molecule has 0 saturated heterocycles. The second-order valence-corrected chi connectivity index (χ2v) is 8.61. The molecule has 1 atom stereocenters. The highest BCUT2D eigenvalue weighted by Crippen LogP contribution is 2.46. The summed E-state index contributed by atoms with van der Waals surface area (Å²) < 4.78 is 12.9. The van der Waals surface area contributed by atoms with Gasteiger partial charge in [-0.05, 0) is 37.1 Å².